The van der Waals surface area contributed by atoms with Crippen LogP contribution in [0, 0.1) is 17.8 Å². The molecule has 6 N–H and O–H groups in total. The molecule has 0 bridgehead atoms. The number of aliphatic hydroxyl groups is 4. The SMILES string of the molecule is CC[C@@H](OC(=O)C(C)[C@@H](O)[C@H](C)[C@@H](OC1OC(C)CC(N(C)C)[C@H]1OCCCNc1nc(Cl)cc2ccccc12)[C@](C)(O)C[C@@H](C)CNC)[C@@](C)(O)C(C)O. The van der Waals surface area contributed by atoms with Crippen molar-refractivity contribution in [2.24, 2.45) is 17.8 Å². The Morgan fingerprint density at radius 2 is 1.82 bits per heavy atom. The number of rotatable bonds is 22. The number of anilines is 1. The van der Waals surface area contributed by atoms with Crippen LogP contribution in [0.3, 0.4) is 0 Å². The molecule has 2 aromatic rings. The van der Waals surface area contributed by atoms with Gasteiger partial charge in [0.05, 0.1) is 35.9 Å². The van der Waals surface area contributed by atoms with E-state index in [2.05, 4.69) is 20.5 Å². The topological polar surface area (TPSA) is 175 Å². The first kappa shape index (κ1) is 47.2. The van der Waals surface area contributed by atoms with Gasteiger partial charge in [-0.05, 0) is 105 Å². The third-order valence-electron chi connectivity index (χ3n) is 11.1. The first-order chi connectivity index (χ1) is 25.7. The largest absolute Gasteiger partial charge is 0.459 e. The lowest BCUT2D eigenvalue weighted by Crippen LogP contribution is -2.60. The van der Waals surface area contributed by atoms with Gasteiger partial charge >= 0.3 is 5.97 Å². The van der Waals surface area contributed by atoms with Crippen LogP contribution in [0.4, 0.5) is 5.82 Å². The molecule has 314 valence electrons. The molecule has 5 unspecified atom stereocenters. The number of ether oxygens (including phenoxy) is 4. The van der Waals surface area contributed by atoms with Gasteiger partial charge in [0, 0.05) is 30.5 Å². The van der Waals surface area contributed by atoms with Crippen molar-refractivity contribution in [3.8, 4) is 0 Å². The molecule has 1 aliphatic heterocycles. The molecule has 3 rings (SSSR count). The first-order valence-electron chi connectivity index (χ1n) is 19.8. The Bertz CT molecular complexity index is 1480. The van der Waals surface area contributed by atoms with Crippen molar-refractivity contribution in [1.29, 1.82) is 0 Å². The standard InChI is InChI=1S/C41H69ClN4O9/c1-12-32(41(8,51)28(6)47)54-38(49)27(5)34(48)26(4)36(40(7,50)22-24(2)23-43-9)55-39-35(31(46(10)11)20-25(3)53-39)52-19-15-18-44-37-30-17-14-13-16-29(30)21-33(42)45-37/h13-14,16-17,21,24-28,31-32,34-36,39,43,47-48,50-51H,12,15,18-20,22-23H2,1-11H3,(H,44,45)/t24-,25?,26+,27?,28?,31?,32-,34+,35-,36-,39?,40-,41+/m1/s1. The Morgan fingerprint density at radius 1 is 1.15 bits per heavy atom. The molecule has 1 aliphatic rings. The molecule has 1 aromatic carbocycles. The van der Waals surface area contributed by atoms with Gasteiger partial charge in [0.1, 0.15) is 28.8 Å². The molecule has 13 nitrogen and oxygen atoms in total. The van der Waals surface area contributed by atoms with Crippen molar-refractivity contribution in [1.82, 2.24) is 15.2 Å². The van der Waals surface area contributed by atoms with Gasteiger partial charge in [-0.3, -0.25) is 4.79 Å². The highest BCUT2D eigenvalue weighted by Crippen LogP contribution is 2.36. The van der Waals surface area contributed by atoms with Crippen molar-refractivity contribution in [2.45, 2.75) is 141 Å². The lowest BCUT2D eigenvalue weighted by atomic mass is 9.78. The van der Waals surface area contributed by atoms with E-state index >= 15 is 0 Å². The lowest BCUT2D eigenvalue weighted by Gasteiger charge is -2.47. The van der Waals surface area contributed by atoms with Crippen LogP contribution in [0.15, 0.2) is 30.3 Å². The zero-order chi connectivity index (χ0) is 41.2. The number of aliphatic hydroxyl groups excluding tert-OH is 2. The van der Waals surface area contributed by atoms with Gasteiger partial charge in [0.15, 0.2) is 6.29 Å². The average Bonchev–Trinajstić information content (AvgIpc) is 3.11. The van der Waals surface area contributed by atoms with Crippen LogP contribution in [0.5, 0.6) is 0 Å². The van der Waals surface area contributed by atoms with Crippen LogP contribution < -0.4 is 10.6 Å². The van der Waals surface area contributed by atoms with E-state index in [9.17, 15) is 25.2 Å². The maximum atomic E-state index is 13.5. The highest BCUT2D eigenvalue weighted by molar-refractivity contribution is 6.30. The number of halogens is 1. The molecule has 0 aliphatic carbocycles. The number of pyridine rings is 1. The summed E-state index contributed by atoms with van der Waals surface area (Å²) in [6.45, 7) is 15.1. The lowest BCUT2D eigenvalue weighted by molar-refractivity contribution is -0.306. The molecular formula is C41H69ClN4O9. The van der Waals surface area contributed by atoms with Crippen LogP contribution >= 0.6 is 11.6 Å². The minimum absolute atomic E-state index is 0.0391. The number of hydrogen-bond donors (Lipinski definition) is 6. The quantitative estimate of drug-likeness (QED) is 0.0555. The van der Waals surface area contributed by atoms with E-state index in [0.717, 1.165) is 10.8 Å². The van der Waals surface area contributed by atoms with Gasteiger partial charge < -0.3 is 54.9 Å². The predicted molar refractivity (Wildman–Crippen MR) is 216 cm³/mol. The van der Waals surface area contributed by atoms with Crippen molar-refractivity contribution in [2.75, 3.05) is 46.2 Å². The monoisotopic (exact) mass is 796 g/mol. The van der Waals surface area contributed by atoms with Crippen molar-refractivity contribution in [3.63, 3.8) is 0 Å². The molecule has 1 aromatic heterocycles. The Hall–Kier alpha value is -2.17. The normalized spacial score (nSPS) is 25.3. The minimum atomic E-state index is -1.69. The Labute approximate surface area is 333 Å². The van der Waals surface area contributed by atoms with E-state index in [1.165, 1.54) is 13.8 Å². The molecule has 1 saturated heterocycles. The Morgan fingerprint density at radius 3 is 2.44 bits per heavy atom. The second kappa shape index (κ2) is 21.0. The van der Waals surface area contributed by atoms with Crippen LogP contribution in [0.2, 0.25) is 5.15 Å². The predicted octanol–water partition coefficient (Wildman–Crippen LogP) is 4.61. The number of likely N-dealkylation sites (N-methyl/N-ethyl adjacent to an activating group) is 1. The third kappa shape index (κ3) is 12.7. The van der Waals surface area contributed by atoms with Crippen LogP contribution in [-0.2, 0) is 23.7 Å². The Kier molecular flexibility index (Phi) is 18.0. The molecule has 0 spiro atoms. The van der Waals surface area contributed by atoms with Crippen LogP contribution in [0.25, 0.3) is 10.8 Å². The molecule has 0 amide bonds. The van der Waals surface area contributed by atoms with Gasteiger partial charge in [0.25, 0.3) is 0 Å². The van der Waals surface area contributed by atoms with Crippen molar-refractivity contribution < 1.29 is 44.2 Å². The van der Waals surface area contributed by atoms with E-state index < -0.39 is 65.8 Å². The summed E-state index contributed by atoms with van der Waals surface area (Å²) in [4.78, 5) is 20.0. The van der Waals surface area contributed by atoms with Gasteiger partial charge in [-0.25, -0.2) is 4.98 Å². The summed E-state index contributed by atoms with van der Waals surface area (Å²) in [6.07, 6.45) is -4.25. The number of fused-ring (bicyclic) bond motifs is 1. The van der Waals surface area contributed by atoms with Crippen LogP contribution in [-0.4, -0.2) is 137 Å². The summed E-state index contributed by atoms with van der Waals surface area (Å²) in [5.41, 5.74) is -3.16. The smallest absolute Gasteiger partial charge is 0.311 e. The number of carbonyl (C=O) groups excluding carboxylic acids is 1. The molecule has 0 saturated carbocycles. The number of benzene rings is 1. The molecular weight excluding hydrogens is 728 g/mol. The van der Waals surface area contributed by atoms with Crippen molar-refractivity contribution in [3.05, 3.63) is 35.5 Å². The molecule has 0 radical (unpaired) electrons. The van der Waals surface area contributed by atoms with E-state index in [-0.39, 0.29) is 24.5 Å². The maximum Gasteiger partial charge on any atom is 0.311 e. The first-order valence-corrected chi connectivity index (χ1v) is 20.2. The number of esters is 1. The maximum absolute atomic E-state index is 13.5. The summed E-state index contributed by atoms with van der Waals surface area (Å²) in [7, 11) is 5.82. The van der Waals surface area contributed by atoms with Crippen molar-refractivity contribution >= 4 is 34.2 Å². The van der Waals surface area contributed by atoms with Crippen LogP contribution in [0.1, 0.15) is 81.1 Å². The number of nitrogens with zero attached hydrogens (tertiary/aromatic N) is 2. The summed E-state index contributed by atoms with van der Waals surface area (Å²) >= 11 is 6.30. The average molecular weight is 797 g/mol. The molecule has 14 heteroatoms. The zero-order valence-corrected chi connectivity index (χ0v) is 35.5. The highest BCUT2D eigenvalue weighted by Gasteiger charge is 2.49. The van der Waals surface area contributed by atoms with E-state index in [1.807, 2.05) is 65.3 Å². The molecule has 2 heterocycles. The summed E-state index contributed by atoms with van der Waals surface area (Å²) in [6, 6.07) is 9.66. The van der Waals surface area contributed by atoms with E-state index in [1.54, 1.807) is 27.7 Å². The van der Waals surface area contributed by atoms with Gasteiger partial charge in [-0.15, -0.1) is 0 Å². The summed E-state index contributed by atoms with van der Waals surface area (Å²) < 4.78 is 25.5. The number of carbonyl (C=O) groups is 1. The number of nitrogens with one attached hydrogen (secondary N) is 2. The highest BCUT2D eigenvalue weighted by atomic mass is 35.5. The number of hydrogen-bond acceptors (Lipinski definition) is 13. The molecule has 13 atom stereocenters. The fourth-order valence-electron chi connectivity index (χ4n) is 7.75. The van der Waals surface area contributed by atoms with Gasteiger partial charge in [-0.2, -0.15) is 0 Å². The fourth-order valence-corrected chi connectivity index (χ4v) is 7.95. The summed E-state index contributed by atoms with van der Waals surface area (Å²) in [5, 5.41) is 53.9. The zero-order valence-electron chi connectivity index (χ0n) is 34.8. The van der Waals surface area contributed by atoms with Gasteiger partial charge in [0.2, 0.25) is 0 Å². The minimum Gasteiger partial charge on any atom is -0.459 e. The number of aromatic nitrogens is 1. The summed E-state index contributed by atoms with van der Waals surface area (Å²) in [5.74, 6) is -1.85. The van der Waals surface area contributed by atoms with E-state index in [0.29, 0.717) is 49.9 Å². The molecule has 1 fully saturated rings. The second-order valence-electron chi connectivity index (χ2n) is 16.4. The fraction of sp³-hybridized carbons (Fsp3) is 0.756. The molecule has 55 heavy (non-hydrogen) atoms. The second-order valence-corrected chi connectivity index (χ2v) is 16.8. The Balaban J connectivity index is 1.85. The van der Waals surface area contributed by atoms with E-state index in [4.69, 9.17) is 30.5 Å². The third-order valence-corrected chi connectivity index (χ3v) is 11.3. The van der Waals surface area contributed by atoms with Gasteiger partial charge in [-0.1, -0.05) is 56.6 Å².